The minimum Gasteiger partial charge on any atom is -0.486 e. The van der Waals surface area contributed by atoms with Crippen molar-refractivity contribution in [2.24, 2.45) is 0 Å². The SMILES string of the molecule is O=C(Cn1ccn2nc(-c3ccccc3)c(CO)c2c1=O)Nc1ccc2c(c1)OCCO2. The minimum atomic E-state index is -0.413. The van der Waals surface area contributed by atoms with Gasteiger partial charge in [0, 0.05) is 35.3 Å². The van der Waals surface area contributed by atoms with Crippen LogP contribution in [0.2, 0.25) is 0 Å². The van der Waals surface area contributed by atoms with Gasteiger partial charge in [0.05, 0.1) is 12.3 Å². The fraction of sp³-hybridized carbons (Fsp3) is 0.174. The molecule has 0 unspecified atom stereocenters. The third-order valence-electron chi connectivity index (χ3n) is 5.21. The maximum atomic E-state index is 13.1. The van der Waals surface area contributed by atoms with Crippen molar-refractivity contribution in [3.63, 3.8) is 0 Å². The minimum absolute atomic E-state index is 0.194. The zero-order chi connectivity index (χ0) is 22.1. The summed E-state index contributed by atoms with van der Waals surface area (Å²) in [7, 11) is 0. The number of nitrogens with zero attached hydrogens (tertiary/aromatic N) is 3. The van der Waals surface area contributed by atoms with E-state index in [4.69, 9.17) is 9.47 Å². The first-order valence-corrected chi connectivity index (χ1v) is 10.1. The highest BCUT2D eigenvalue weighted by Crippen LogP contribution is 2.32. The van der Waals surface area contributed by atoms with Crippen molar-refractivity contribution >= 4 is 17.1 Å². The van der Waals surface area contributed by atoms with Crippen LogP contribution in [0.1, 0.15) is 5.56 Å². The van der Waals surface area contributed by atoms with Gasteiger partial charge in [0.25, 0.3) is 5.56 Å². The number of hydrogen-bond donors (Lipinski definition) is 2. The smallest absolute Gasteiger partial charge is 0.277 e. The van der Waals surface area contributed by atoms with E-state index in [9.17, 15) is 14.7 Å². The van der Waals surface area contributed by atoms with Crippen molar-refractivity contribution in [3.05, 3.63) is 76.8 Å². The summed E-state index contributed by atoms with van der Waals surface area (Å²) >= 11 is 0. The Balaban J connectivity index is 1.43. The van der Waals surface area contributed by atoms with Crippen LogP contribution in [0.3, 0.4) is 0 Å². The first-order valence-electron chi connectivity index (χ1n) is 10.1. The summed E-state index contributed by atoms with van der Waals surface area (Å²) < 4.78 is 13.7. The molecular weight excluding hydrogens is 412 g/mol. The number of nitrogens with one attached hydrogen (secondary N) is 1. The summed E-state index contributed by atoms with van der Waals surface area (Å²) in [5, 5.41) is 17.2. The molecule has 2 aromatic heterocycles. The lowest BCUT2D eigenvalue weighted by Crippen LogP contribution is -2.28. The largest absolute Gasteiger partial charge is 0.486 e. The van der Waals surface area contributed by atoms with E-state index in [1.165, 1.54) is 15.3 Å². The Morgan fingerprint density at radius 2 is 1.84 bits per heavy atom. The second kappa shape index (κ2) is 8.20. The van der Waals surface area contributed by atoms with Crippen molar-refractivity contribution in [3.8, 4) is 22.8 Å². The van der Waals surface area contributed by atoms with Crippen LogP contribution < -0.4 is 20.3 Å². The molecule has 4 aromatic rings. The van der Waals surface area contributed by atoms with Crippen molar-refractivity contribution in [1.29, 1.82) is 0 Å². The topological polar surface area (TPSA) is 107 Å². The molecule has 1 aliphatic heterocycles. The number of fused-ring (bicyclic) bond motifs is 2. The average Bonchev–Trinajstić information content (AvgIpc) is 3.21. The van der Waals surface area contributed by atoms with Crippen molar-refractivity contribution in [2.45, 2.75) is 13.2 Å². The number of carbonyl (C=O) groups excluding carboxylic acids is 1. The molecule has 0 radical (unpaired) electrons. The van der Waals surface area contributed by atoms with Gasteiger partial charge in [0.2, 0.25) is 5.91 Å². The highest BCUT2D eigenvalue weighted by molar-refractivity contribution is 5.91. The number of aliphatic hydroxyl groups excluding tert-OH is 1. The Hall–Kier alpha value is -4.11. The molecule has 1 amide bonds. The summed E-state index contributed by atoms with van der Waals surface area (Å²) in [5.74, 6) is 0.816. The van der Waals surface area contributed by atoms with Crippen molar-refractivity contribution in [1.82, 2.24) is 14.2 Å². The maximum Gasteiger partial charge on any atom is 0.277 e. The first-order chi connectivity index (χ1) is 15.6. The quantitative estimate of drug-likeness (QED) is 0.500. The molecule has 0 spiro atoms. The molecule has 0 saturated carbocycles. The van der Waals surface area contributed by atoms with Gasteiger partial charge in [-0.15, -0.1) is 0 Å². The monoisotopic (exact) mass is 432 g/mol. The van der Waals surface area contributed by atoms with Gasteiger partial charge in [-0.25, -0.2) is 4.52 Å². The summed E-state index contributed by atoms with van der Waals surface area (Å²) in [6.45, 7) is 0.390. The first kappa shape index (κ1) is 19.8. The predicted molar refractivity (Wildman–Crippen MR) is 117 cm³/mol. The molecular formula is C23H20N4O5. The Labute approximate surface area is 182 Å². The van der Waals surface area contributed by atoms with Crippen molar-refractivity contribution in [2.75, 3.05) is 18.5 Å². The standard InChI is InChI=1S/C23H20N4O5/c28-14-17-21(15-4-2-1-3-5-15)25-27-9-8-26(23(30)22(17)27)13-20(29)24-16-6-7-18-19(12-16)32-11-10-31-18/h1-9,12,28H,10-11,13-14H2,(H,24,29). The lowest BCUT2D eigenvalue weighted by Gasteiger charge is -2.19. The van der Waals surface area contributed by atoms with Gasteiger partial charge in [-0.3, -0.25) is 9.59 Å². The van der Waals surface area contributed by atoms with Crippen LogP contribution in [-0.2, 0) is 17.9 Å². The van der Waals surface area contributed by atoms with E-state index in [1.807, 2.05) is 30.3 Å². The molecule has 9 nitrogen and oxygen atoms in total. The predicted octanol–water partition coefficient (Wildman–Crippen LogP) is 2.07. The molecule has 0 atom stereocenters. The van der Waals surface area contributed by atoms with Crippen LogP contribution in [0, 0.1) is 0 Å². The number of amides is 1. The summed E-state index contributed by atoms with van der Waals surface area (Å²) in [4.78, 5) is 25.7. The second-order valence-corrected chi connectivity index (χ2v) is 7.28. The highest BCUT2D eigenvalue weighted by Gasteiger charge is 2.19. The molecule has 9 heteroatoms. The molecule has 5 rings (SSSR count). The number of anilines is 1. The number of rotatable bonds is 5. The van der Waals surface area contributed by atoms with Crippen LogP contribution in [-0.4, -0.2) is 38.4 Å². The van der Waals surface area contributed by atoms with Crippen molar-refractivity contribution < 1.29 is 19.4 Å². The van der Waals surface area contributed by atoms with Gasteiger partial charge >= 0.3 is 0 Å². The van der Waals surface area contributed by atoms with Gasteiger partial charge in [-0.1, -0.05) is 30.3 Å². The molecule has 0 bridgehead atoms. The Bertz CT molecular complexity index is 1360. The van der Waals surface area contributed by atoms with Crippen LogP contribution in [0.15, 0.2) is 65.7 Å². The number of aliphatic hydroxyl groups is 1. The fourth-order valence-electron chi connectivity index (χ4n) is 3.73. The Morgan fingerprint density at radius 3 is 2.62 bits per heavy atom. The van der Waals surface area contributed by atoms with Crippen LogP contribution >= 0.6 is 0 Å². The van der Waals surface area contributed by atoms with E-state index in [-0.39, 0.29) is 24.6 Å². The van der Waals surface area contributed by atoms with E-state index in [1.54, 1.807) is 24.4 Å². The number of hydrogen-bond acceptors (Lipinski definition) is 6. The molecule has 2 aromatic carbocycles. The number of carbonyl (C=O) groups is 1. The Kier molecular flexibility index (Phi) is 5.08. The third kappa shape index (κ3) is 3.58. The number of aromatic nitrogens is 3. The van der Waals surface area contributed by atoms with E-state index in [2.05, 4.69) is 10.4 Å². The molecule has 0 fully saturated rings. The van der Waals surface area contributed by atoms with E-state index in [0.29, 0.717) is 41.7 Å². The van der Waals surface area contributed by atoms with Crippen LogP contribution in [0.5, 0.6) is 11.5 Å². The maximum absolute atomic E-state index is 13.1. The molecule has 162 valence electrons. The third-order valence-corrected chi connectivity index (χ3v) is 5.21. The van der Waals surface area contributed by atoms with Crippen LogP contribution in [0.4, 0.5) is 5.69 Å². The summed E-state index contributed by atoms with van der Waals surface area (Å²) in [6, 6.07) is 14.5. The fourth-order valence-corrected chi connectivity index (χ4v) is 3.73. The van der Waals surface area contributed by atoms with Gasteiger partial charge in [0.1, 0.15) is 25.3 Å². The van der Waals surface area contributed by atoms with Gasteiger partial charge in [-0.2, -0.15) is 5.10 Å². The zero-order valence-electron chi connectivity index (χ0n) is 17.0. The second-order valence-electron chi connectivity index (χ2n) is 7.28. The molecule has 32 heavy (non-hydrogen) atoms. The van der Waals surface area contributed by atoms with Gasteiger partial charge in [-0.05, 0) is 12.1 Å². The lowest BCUT2D eigenvalue weighted by molar-refractivity contribution is -0.116. The lowest BCUT2D eigenvalue weighted by atomic mass is 10.1. The van der Waals surface area contributed by atoms with E-state index >= 15 is 0 Å². The molecule has 0 aliphatic carbocycles. The summed E-state index contributed by atoms with van der Waals surface area (Å²) in [6.07, 6.45) is 3.10. The molecule has 1 aliphatic rings. The average molecular weight is 432 g/mol. The summed E-state index contributed by atoms with van der Waals surface area (Å²) in [5.41, 5.74) is 2.11. The normalized spacial score (nSPS) is 12.7. The number of benzene rings is 2. The van der Waals surface area contributed by atoms with Gasteiger partial charge in [0.15, 0.2) is 11.5 Å². The van der Waals surface area contributed by atoms with Crippen LogP contribution in [0.25, 0.3) is 16.8 Å². The molecule has 0 saturated heterocycles. The van der Waals surface area contributed by atoms with E-state index in [0.717, 1.165) is 5.56 Å². The molecule has 2 N–H and O–H groups in total. The van der Waals surface area contributed by atoms with Gasteiger partial charge < -0.3 is 24.5 Å². The zero-order valence-corrected chi connectivity index (χ0v) is 17.0. The van der Waals surface area contributed by atoms with E-state index < -0.39 is 5.56 Å². The molecule has 3 heterocycles. The Morgan fingerprint density at radius 1 is 1.06 bits per heavy atom. The highest BCUT2D eigenvalue weighted by atomic mass is 16.6. The number of ether oxygens (including phenoxy) is 2.